The third kappa shape index (κ3) is 4.09. The van der Waals surface area contributed by atoms with Gasteiger partial charge in [-0.2, -0.15) is 0 Å². The van der Waals surface area contributed by atoms with Crippen molar-refractivity contribution in [2.24, 2.45) is 5.73 Å². The van der Waals surface area contributed by atoms with E-state index in [0.29, 0.717) is 12.2 Å². The quantitative estimate of drug-likeness (QED) is 0.625. The lowest BCUT2D eigenvalue weighted by molar-refractivity contribution is 0.0990. The minimum atomic E-state index is -0.433. The first-order chi connectivity index (χ1) is 16.1. The summed E-state index contributed by atoms with van der Waals surface area (Å²) in [6, 6.07) is 10.5. The van der Waals surface area contributed by atoms with Crippen LogP contribution in [0, 0.1) is 0 Å². The number of hydrogen-bond acceptors (Lipinski definition) is 6. The van der Waals surface area contributed by atoms with Crippen molar-refractivity contribution in [3.63, 3.8) is 0 Å². The lowest BCUT2D eigenvalue weighted by Gasteiger charge is -2.34. The number of amides is 1. The number of hydrogen-bond donors (Lipinski definition) is 1. The number of nitrogens with two attached hydrogens (primary N) is 1. The number of piperazine rings is 1. The second-order valence-electron chi connectivity index (χ2n) is 9.16. The zero-order valence-electron chi connectivity index (χ0n) is 19.6. The van der Waals surface area contributed by atoms with Gasteiger partial charge in [0.1, 0.15) is 17.2 Å². The summed E-state index contributed by atoms with van der Waals surface area (Å²) in [7, 11) is 2.14. The molecular weight excluding hydrogens is 414 g/mol. The fourth-order valence-electron chi connectivity index (χ4n) is 5.34. The first-order valence-electron chi connectivity index (χ1n) is 12.0. The van der Waals surface area contributed by atoms with E-state index in [1.54, 1.807) is 0 Å². The summed E-state index contributed by atoms with van der Waals surface area (Å²) in [5, 5.41) is 0. The number of carbonyl (C=O) groups is 1. The molecule has 2 N–H and O–H groups in total. The van der Waals surface area contributed by atoms with E-state index in [0.717, 1.165) is 74.8 Å². The van der Waals surface area contributed by atoms with Crippen LogP contribution in [0.25, 0.3) is 5.65 Å². The molecule has 174 valence electrons. The standard InChI is InChI=1S/C25H33N7O/c1-3-30(20-9-4-7-18-8-6-12-27-23(18)20)17-19-24(25(26)33)32-21(28-19)10-5-11-22(32)31-15-13-29(2)14-16-31/h5-6,8,10-12,20H,3-4,7,9,13-17H2,1-2H3,(H2,26,33)/t20-/m0/s1. The molecule has 1 aliphatic carbocycles. The van der Waals surface area contributed by atoms with E-state index in [4.69, 9.17) is 15.7 Å². The number of fused-ring (bicyclic) bond motifs is 2. The zero-order chi connectivity index (χ0) is 22.9. The number of anilines is 1. The van der Waals surface area contributed by atoms with E-state index in [2.05, 4.69) is 40.8 Å². The molecule has 0 radical (unpaired) electrons. The van der Waals surface area contributed by atoms with Crippen LogP contribution in [0.3, 0.4) is 0 Å². The van der Waals surface area contributed by atoms with Crippen molar-refractivity contribution in [2.45, 2.75) is 38.8 Å². The number of carbonyl (C=O) groups excluding carboxylic acids is 1. The van der Waals surface area contributed by atoms with E-state index in [-0.39, 0.29) is 6.04 Å². The number of rotatable bonds is 6. The SMILES string of the molecule is CCN(Cc1nc2cccc(N3CCN(C)CC3)n2c1C(N)=O)[C@H]1CCCc2cccnc21. The lowest BCUT2D eigenvalue weighted by atomic mass is 9.90. The Hall–Kier alpha value is -2.97. The van der Waals surface area contributed by atoms with Gasteiger partial charge in [-0.3, -0.25) is 19.1 Å². The first-order valence-corrected chi connectivity index (χ1v) is 12.0. The highest BCUT2D eigenvalue weighted by atomic mass is 16.1. The monoisotopic (exact) mass is 447 g/mol. The second kappa shape index (κ2) is 9.11. The Kier molecular flexibility index (Phi) is 6.03. The number of aryl methyl sites for hydroxylation is 1. The van der Waals surface area contributed by atoms with Crippen LogP contribution in [0.2, 0.25) is 0 Å². The van der Waals surface area contributed by atoms with Gasteiger partial charge in [0.2, 0.25) is 0 Å². The smallest absolute Gasteiger partial charge is 0.267 e. The maximum Gasteiger partial charge on any atom is 0.267 e. The van der Waals surface area contributed by atoms with Crippen LogP contribution in [0.1, 0.15) is 53.2 Å². The molecule has 0 unspecified atom stereocenters. The third-order valence-electron chi connectivity index (χ3n) is 7.12. The molecule has 1 amide bonds. The summed E-state index contributed by atoms with van der Waals surface area (Å²) >= 11 is 0. The summed E-state index contributed by atoms with van der Waals surface area (Å²) in [6.07, 6.45) is 5.16. The summed E-state index contributed by atoms with van der Waals surface area (Å²) in [5.41, 5.74) is 10.5. The van der Waals surface area contributed by atoms with Crippen LogP contribution in [0.15, 0.2) is 36.5 Å². The van der Waals surface area contributed by atoms with Crippen LogP contribution in [0.4, 0.5) is 5.82 Å². The molecule has 1 aliphatic heterocycles. The highest BCUT2D eigenvalue weighted by molar-refractivity contribution is 5.94. The van der Waals surface area contributed by atoms with E-state index in [1.165, 1.54) is 5.56 Å². The normalized spacial score (nSPS) is 19.2. The summed E-state index contributed by atoms with van der Waals surface area (Å²) in [5.74, 6) is 0.554. The summed E-state index contributed by atoms with van der Waals surface area (Å²) in [6.45, 7) is 7.37. The Morgan fingerprint density at radius 3 is 2.76 bits per heavy atom. The fourth-order valence-corrected chi connectivity index (χ4v) is 5.34. The molecule has 0 aromatic carbocycles. The van der Waals surface area contributed by atoms with Crippen molar-refractivity contribution in [1.29, 1.82) is 0 Å². The Morgan fingerprint density at radius 1 is 1.18 bits per heavy atom. The van der Waals surface area contributed by atoms with Crippen molar-refractivity contribution < 1.29 is 4.79 Å². The second-order valence-corrected chi connectivity index (χ2v) is 9.16. The van der Waals surface area contributed by atoms with Gasteiger partial charge in [-0.15, -0.1) is 0 Å². The first kappa shape index (κ1) is 21.9. The Bertz CT molecular complexity index is 1150. The average Bonchev–Trinajstić information content (AvgIpc) is 3.21. The van der Waals surface area contributed by atoms with Gasteiger partial charge in [0.25, 0.3) is 5.91 Å². The molecule has 4 heterocycles. The fraction of sp³-hybridized carbons (Fsp3) is 0.480. The average molecular weight is 448 g/mol. The highest BCUT2D eigenvalue weighted by Crippen LogP contribution is 2.34. The highest BCUT2D eigenvalue weighted by Gasteiger charge is 2.29. The van der Waals surface area contributed by atoms with E-state index in [1.807, 2.05) is 28.8 Å². The van der Waals surface area contributed by atoms with Crippen LogP contribution >= 0.6 is 0 Å². The molecule has 8 heteroatoms. The van der Waals surface area contributed by atoms with Gasteiger partial charge in [-0.25, -0.2) is 4.98 Å². The molecular formula is C25H33N7O. The largest absolute Gasteiger partial charge is 0.364 e. The van der Waals surface area contributed by atoms with Gasteiger partial charge in [0.15, 0.2) is 0 Å². The number of imidazole rings is 1. The molecule has 3 aromatic rings. The number of pyridine rings is 2. The maximum absolute atomic E-state index is 12.7. The van der Waals surface area contributed by atoms with Crippen molar-refractivity contribution in [2.75, 3.05) is 44.7 Å². The topological polar surface area (TPSA) is 83.0 Å². The maximum atomic E-state index is 12.7. The summed E-state index contributed by atoms with van der Waals surface area (Å²) in [4.78, 5) is 29.4. The Morgan fingerprint density at radius 2 is 2.00 bits per heavy atom. The third-order valence-corrected chi connectivity index (χ3v) is 7.12. The van der Waals surface area contributed by atoms with Crippen LogP contribution in [-0.2, 0) is 13.0 Å². The Labute approximate surface area is 195 Å². The summed E-state index contributed by atoms with van der Waals surface area (Å²) < 4.78 is 1.96. The van der Waals surface area contributed by atoms with Crippen LogP contribution in [-0.4, -0.2) is 69.8 Å². The Balaban J connectivity index is 1.53. The van der Waals surface area contributed by atoms with Gasteiger partial charge in [-0.05, 0) is 56.6 Å². The number of primary amides is 1. The molecule has 2 aliphatic rings. The molecule has 0 spiro atoms. The lowest BCUT2D eigenvalue weighted by Crippen LogP contribution is -2.45. The zero-order valence-corrected chi connectivity index (χ0v) is 19.6. The number of aromatic nitrogens is 3. The van der Waals surface area contributed by atoms with Gasteiger partial charge in [0.05, 0.1) is 17.4 Å². The van der Waals surface area contributed by atoms with Crippen molar-refractivity contribution in [3.05, 3.63) is 59.2 Å². The molecule has 0 bridgehead atoms. The van der Waals surface area contributed by atoms with Gasteiger partial charge >= 0.3 is 0 Å². The van der Waals surface area contributed by atoms with E-state index < -0.39 is 5.91 Å². The number of likely N-dealkylation sites (N-methyl/N-ethyl adjacent to an activating group) is 1. The van der Waals surface area contributed by atoms with Gasteiger partial charge < -0.3 is 15.5 Å². The van der Waals surface area contributed by atoms with Crippen LogP contribution in [0.5, 0.6) is 0 Å². The van der Waals surface area contributed by atoms with Gasteiger partial charge in [0, 0.05) is 38.9 Å². The van der Waals surface area contributed by atoms with Gasteiger partial charge in [-0.1, -0.05) is 19.1 Å². The molecule has 33 heavy (non-hydrogen) atoms. The molecule has 0 saturated carbocycles. The predicted octanol–water partition coefficient (Wildman–Crippen LogP) is 2.48. The predicted molar refractivity (Wildman–Crippen MR) is 129 cm³/mol. The van der Waals surface area contributed by atoms with Crippen molar-refractivity contribution in [3.8, 4) is 0 Å². The minimum absolute atomic E-state index is 0.225. The molecule has 8 nitrogen and oxygen atoms in total. The van der Waals surface area contributed by atoms with Crippen LogP contribution < -0.4 is 10.6 Å². The molecule has 5 rings (SSSR count). The van der Waals surface area contributed by atoms with Crippen molar-refractivity contribution in [1.82, 2.24) is 24.2 Å². The molecule has 1 fully saturated rings. The minimum Gasteiger partial charge on any atom is -0.364 e. The van der Waals surface area contributed by atoms with Crippen molar-refractivity contribution >= 4 is 17.4 Å². The molecule has 1 atom stereocenters. The molecule has 1 saturated heterocycles. The van der Waals surface area contributed by atoms with E-state index >= 15 is 0 Å². The molecule has 3 aromatic heterocycles. The number of nitrogens with zero attached hydrogens (tertiary/aromatic N) is 6. The van der Waals surface area contributed by atoms with E-state index in [9.17, 15) is 4.79 Å².